The van der Waals surface area contributed by atoms with E-state index in [0.717, 1.165) is 0 Å². The number of carbonyl (C=O) groups excluding carboxylic acids is 2. The smallest absolute Gasteiger partial charge is 0.325 e. The first-order valence-corrected chi connectivity index (χ1v) is 6.42. The molecule has 3 amide bonds. The Morgan fingerprint density at radius 1 is 1.14 bits per heavy atom. The molecule has 0 unspecified atom stereocenters. The molecule has 0 aliphatic carbocycles. The van der Waals surface area contributed by atoms with Gasteiger partial charge in [-0.2, -0.15) is 0 Å². The van der Waals surface area contributed by atoms with Crippen LogP contribution >= 0.6 is 11.6 Å². The number of ether oxygens (including phenoxy) is 1. The van der Waals surface area contributed by atoms with Crippen LogP contribution in [-0.2, 0) is 4.79 Å². The zero-order valence-corrected chi connectivity index (χ0v) is 11.6. The molecule has 0 aliphatic rings. The Hall–Kier alpha value is -2.60. The minimum absolute atomic E-state index is 0.152. The van der Waals surface area contributed by atoms with E-state index in [9.17, 15) is 9.59 Å². The number of aromatic nitrogens is 1. The Balaban J connectivity index is 1.79. The maximum Gasteiger partial charge on any atom is 0.325 e. The van der Waals surface area contributed by atoms with Gasteiger partial charge in [0.25, 0.3) is 5.91 Å². The summed E-state index contributed by atoms with van der Waals surface area (Å²) in [6.07, 6.45) is 1.50. The van der Waals surface area contributed by atoms with Crippen LogP contribution in [0.3, 0.4) is 0 Å². The number of hydrogen-bond acceptors (Lipinski definition) is 4. The van der Waals surface area contributed by atoms with Crippen molar-refractivity contribution in [2.45, 2.75) is 0 Å². The van der Waals surface area contributed by atoms with Crippen LogP contribution in [0.1, 0.15) is 0 Å². The number of benzene rings is 1. The lowest BCUT2D eigenvalue weighted by Crippen LogP contribution is -2.37. The van der Waals surface area contributed by atoms with E-state index in [-0.39, 0.29) is 17.5 Å². The van der Waals surface area contributed by atoms with E-state index in [1.54, 1.807) is 36.4 Å². The highest BCUT2D eigenvalue weighted by Crippen LogP contribution is 2.19. The first-order valence-electron chi connectivity index (χ1n) is 6.04. The van der Waals surface area contributed by atoms with E-state index < -0.39 is 11.9 Å². The maximum atomic E-state index is 11.6. The van der Waals surface area contributed by atoms with Crippen molar-refractivity contribution >= 4 is 29.2 Å². The number of hydrogen-bond donors (Lipinski definition) is 2. The molecule has 0 atom stereocenters. The molecule has 0 saturated carbocycles. The quantitative estimate of drug-likeness (QED) is 0.850. The minimum Gasteiger partial charge on any atom is -0.481 e. The van der Waals surface area contributed by atoms with Crippen molar-refractivity contribution in [2.75, 3.05) is 11.9 Å². The summed E-state index contributed by atoms with van der Waals surface area (Å²) in [5, 5.41) is 4.81. The van der Waals surface area contributed by atoms with E-state index in [4.69, 9.17) is 16.3 Å². The number of nitrogens with one attached hydrogen (secondary N) is 2. The second-order valence-electron chi connectivity index (χ2n) is 3.95. The molecule has 1 aromatic carbocycles. The monoisotopic (exact) mass is 305 g/mol. The standard InChI is InChI=1S/C14H12ClN3O3/c15-13-11(7-4-8-16-13)21-9-12(19)18-14(20)17-10-5-2-1-3-6-10/h1-8H,9H2,(H2,17,18,19,20). The molecule has 0 spiro atoms. The van der Waals surface area contributed by atoms with Gasteiger partial charge in [0.2, 0.25) is 0 Å². The van der Waals surface area contributed by atoms with Crippen molar-refractivity contribution in [3.8, 4) is 5.75 Å². The molecule has 0 aliphatic heterocycles. The summed E-state index contributed by atoms with van der Waals surface area (Å²) < 4.78 is 5.16. The van der Waals surface area contributed by atoms with E-state index in [2.05, 4.69) is 15.6 Å². The Kier molecular flexibility index (Phi) is 5.11. The summed E-state index contributed by atoms with van der Waals surface area (Å²) in [5.41, 5.74) is 0.582. The van der Waals surface area contributed by atoms with Crippen LogP contribution in [-0.4, -0.2) is 23.5 Å². The second kappa shape index (κ2) is 7.25. The summed E-state index contributed by atoms with van der Waals surface area (Å²) in [6.45, 7) is -0.340. The molecule has 6 nitrogen and oxygen atoms in total. The van der Waals surface area contributed by atoms with Gasteiger partial charge in [0, 0.05) is 11.9 Å². The minimum atomic E-state index is -0.632. The summed E-state index contributed by atoms with van der Waals surface area (Å²) in [6, 6.07) is 11.3. The average molecular weight is 306 g/mol. The molecule has 1 heterocycles. The number of urea groups is 1. The van der Waals surface area contributed by atoms with E-state index in [1.165, 1.54) is 6.20 Å². The lowest BCUT2D eigenvalue weighted by Gasteiger charge is -2.08. The highest BCUT2D eigenvalue weighted by atomic mass is 35.5. The van der Waals surface area contributed by atoms with Crippen molar-refractivity contribution in [1.82, 2.24) is 10.3 Å². The predicted molar refractivity (Wildman–Crippen MR) is 78.3 cm³/mol. The molecule has 0 radical (unpaired) electrons. The van der Waals surface area contributed by atoms with Gasteiger partial charge in [0.15, 0.2) is 17.5 Å². The number of imide groups is 1. The summed E-state index contributed by atoms with van der Waals surface area (Å²) in [7, 11) is 0. The number of halogens is 1. The van der Waals surface area contributed by atoms with Crippen LogP contribution in [0.4, 0.5) is 10.5 Å². The van der Waals surface area contributed by atoms with Crippen LogP contribution in [0.25, 0.3) is 0 Å². The lowest BCUT2D eigenvalue weighted by molar-refractivity contribution is -0.121. The van der Waals surface area contributed by atoms with Crippen LogP contribution < -0.4 is 15.4 Å². The normalized spacial score (nSPS) is 9.76. The second-order valence-corrected chi connectivity index (χ2v) is 4.31. The molecule has 108 valence electrons. The van der Waals surface area contributed by atoms with E-state index in [1.807, 2.05) is 6.07 Å². The third kappa shape index (κ3) is 4.77. The predicted octanol–water partition coefficient (Wildman–Crippen LogP) is 2.46. The van der Waals surface area contributed by atoms with Crippen molar-refractivity contribution in [3.63, 3.8) is 0 Å². The summed E-state index contributed by atoms with van der Waals surface area (Å²) >= 11 is 5.77. The Bertz CT molecular complexity index is 634. The molecule has 0 bridgehead atoms. The first kappa shape index (κ1) is 14.8. The van der Waals surface area contributed by atoms with Crippen LogP contribution in [0, 0.1) is 0 Å². The molecule has 21 heavy (non-hydrogen) atoms. The molecule has 2 rings (SSSR count). The number of pyridine rings is 1. The van der Waals surface area contributed by atoms with Crippen molar-refractivity contribution in [2.24, 2.45) is 0 Å². The highest BCUT2D eigenvalue weighted by molar-refractivity contribution is 6.30. The van der Waals surface area contributed by atoms with Gasteiger partial charge in [-0.3, -0.25) is 10.1 Å². The average Bonchev–Trinajstić information content (AvgIpc) is 2.47. The largest absolute Gasteiger partial charge is 0.481 e. The number of rotatable bonds is 4. The molecule has 7 heteroatoms. The summed E-state index contributed by atoms with van der Waals surface area (Å²) in [5.74, 6) is -0.318. The van der Waals surface area contributed by atoms with Gasteiger partial charge >= 0.3 is 6.03 Å². The van der Waals surface area contributed by atoms with Gasteiger partial charge < -0.3 is 10.1 Å². The topological polar surface area (TPSA) is 80.3 Å². The Labute approximate surface area is 126 Å². The van der Waals surface area contributed by atoms with Gasteiger partial charge in [-0.1, -0.05) is 29.8 Å². The van der Waals surface area contributed by atoms with Crippen LogP contribution in [0.5, 0.6) is 5.75 Å². The lowest BCUT2D eigenvalue weighted by atomic mass is 10.3. The van der Waals surface area contributed by atoms with Crippen LogP contribution in [0.2, 0.25) is 5.15 Å². The zero-order chi connectivity index (χ0) is 15.1. The molecule has 0 saturated heterocycles. The maximum absolute atomic E-state index is 11.6. The van der Waals surface area contributed by atoms with E-state index in [0.29, 0.717) is 5.69 Å². The van der Waals surface area contributed by atoms with Crippen molar-refractivity contribution < 1.29 is 14.3 Å². The van der Waals surface area contributed by atoms with Crippen molar-refractivity contribution in [1.29, 1.82) is 0 Å². The summed E-state index contributed by atoms with van der Waals surface area (Å²) in [4.78, 5) is 26.9. The fourth-order valence-electron chi connectivity index (χ4n) is 1.47. The fourth-order valence-corrected chi connectivity index (χ4v) is 1.64. The number of carbonyl (C=O) groups is 2. The molecular weight excluding hydrogens is 294 g/mol. The molecular formula is C14H12ClN3O3. The molecule has 2 aromatic rings. The SMILES string of the molecule is O=C(COc1cccnc1Cl)NC(=O)Nc1ccccc1. The molecule has 1 aromatic heterocycles. The molecule has 0 fully saturated rings. The van der Waals surface area contributed by atoms with Gasteiger partial charge in [-0.25, -0.2) is 9.78 Å². The number of anilines is 1. The Morgan fingerprint density at radius 2 is 1.90 bits per heavy atom. The highest BCUT2D eigenvalue weighted by Gasteiger charge is 2.10. The number of amides is 3. The zero-order valence-electron chi connectivity index (χ0n) is 10.9. The molecule has 2 N–H and O–H groups in total. The van der Waals surface area contributed by atoms with E-state index >= 15 is 0 Å². The number of nitrogens with zero attached hydrogens (tertiary/aromatic N) is 1. The van der Waals surface area contributed by atoms with Gasteiger partial charge in [-0.05, 0) is 24.3 Å². The third-order valence-corrected chi connectivity index (χ3v) is 2.65. The fraction of sp³-hybridized carbons (Fsp3) is 0.0714. The van der Waals surface area contributed by atoms with Gasteiger partial charge in [-0.15, -0.1) is 0 Å². The van der Waals surface area contributed by atoms with Gasteiger partial charge in [0.05, 0.1) is 0 Å². The van der Waals surface area contributed by atoms with Crippen molar-refractivity contribution in [3.05, 3.63) is 53.8 Å². The Morgan fingerprint density at radius 3 is 2.62 bits per heavy atom. The number of para-hydroxylation sites is 1. The van der Waals surface area contributed by atoms with Gasteiger partial charge in [0.1, 0.15) is 0 Å². The first-order chi connectivity index (χ1) is 10.1. The third-order valence-electron chi connectivity index (χ3n) is 2.37. The van der Waals surface area contributed by atoms with Crippen LogP contribution in [0.15, 0.2) is 48.7 Å².